The third kappa shape index (κ3) is 4.72. The third-order valence-corrected chi connectivity index (χ3v) is 6.74. The van der Waals surface area contributed by atoms with Crippen molar-refractivity contribution in [2.75, 3.05) is 7.11 Å². The van der Waals surface area contributed by atoms with Gasteiger partial charge in [-0.15, -0.1) is 22.7 Å². The fourth-order valence-electron chi connectivity index (χ4n) is 2.76. The summed E-state index contributed by atoms with van der Waals surface area (Å²) >= 11 is 15.3. The minimum atomic E-state index is -0.302. The van der Waals surface area contributed by atoms with Gasteiger partial charge in [-0.2, -0.15) is 0 Å². The lowest BCUT2D eigenvalue weighted by Crippen LogP contribution is -2.02. The molecule has 0 unspecified atom stereocenters. The van der Waals surface area contributed by atoms with Gasteiger partial charge in [0.05, 0.1) is 27.9 Å². The van der Waals surface area contributed by atoms with Gasteiger partial charge in [0, 0.05) is 16.9 Å². The maximum Gasteiger partial charge on any atom is 0.348 e. The van der Waals surface area contributed by atoms with Crippen LogP contribution in [0.1, 0.15) is 39.0 Å². The van der Waals surface area contributed by atoms with Crippen LogP contribution in [0.25, 0.3) is 11.3 Å². The smallest absolute Gasteiger partial charge is 0.348 e. The van der Waals surface area contributed by atoms with Crippen molar-refractivity contribution in [3.8, 4) is 11.3 Å². The molecule has 0 spiro atoms. The summed E-state index contributed by atoms with van der Waals surface area (Å²) in [6, 6.07) is 7.56. The van der Waals surface area contributed by atoms with Crippen molar-refractivity contribution in [1.82, 2.24) is 4.98 Å². The first kappa shape index (κ1) is 20.3. The summed E-state index contributed by atoms with van der Waals surface area (Å²) in [6.07, 6.45) is 1.53. The second kappa shape index (κ2) is 8.74. The first-order valence-corrected chi connectivity index (χ1v) is 10.9. The summed E-state index contributed by atoms with van der Waals surface area (Å²) in [4.78, 5) is 18.7. The van der Waals surface area contributed by atoms with Gasteiger partial charge in [0.25, 0.3) is 0 Å². The second-order valence-corrected chi connectivity index (χ2v) is 9.45. The van der Waals surface area contributed by atoms with Gasteiger partial charge in [-0.05, 0) is 41.5 Å². The molecule has 3 nitrogen and oxygen atoms in total. The Morgan fingerprint density at radius 1 is 1.22 bits per heavy atom. The van der Waals surface area contributed by atoms with Crippen molar-refractivity contribution in [2.24, 2.45) is 5.92 Å². The number of thiophene rings is 1. The second-order valence-electron chi connectivity index (χ2n) is 6.55. The molecule has 0 saturated carbocycles. The minimum absolute atomic E-state index is 0.302. The molecule has 0 aliphatic heterocycles. The van der Waals surface area contributed by atoms with Crippen molar-refractivity contribution in [1.29, 1.82) is 0 Å². The molecule has 2 heterocycles. The van der Waals surface area contributed by atoms with Gasteiger partial charge < -0.3 is 4.74 Å². The normalized spacial score (nSPS) is 11.2. The van der Waals surface area contributed by atoms with Crippen LogP contribution in [0.15, 0.2) is 29.6 Å². The fraction of sp³-hybridized carbons (Fsp3) is 0.300. The quantitative estimate of drug-likeness (QED) is 0.398. The SMILES string of the molecule is COC(=O)c1sccc1Cc1nc(-c2ccc(Cl)c(Cl)c2)c(CC(C)C)s1. The van der Waals surface area contributed by atoms with Crippen LogP contribution in [0.2, 0.25) is 10.0 Å². The molecule has 0 atom stereocenters. The number of nitrogens with zero attached hydrogens (tertiary/aromatic N) is 1. The number of benzene rings is 1. The van der Waals surface area contributed by atoms with Gasteiger partial charge in [-0.1, -0.05) is 43.1 Å². The molecule has 3 aromatic rings. The number of hydrogen-bond donors (Lipinski definition) is 0. The Kier molecular flexibility index (Phi) is 6.58. The zero-order valence-corrected chi connectivity index (χ0v) is 18.4. The van der Waals surface area contributed by atoms with E-state index in [-0.39, 0.29) is 5.97 Å². The number of methoxy groups -OCH3 is 1. The molecule has 3 rings (SSSR count). The van der Waals surface area contributed by atoms with Crippen molar-refractivity contribution in [3.63, 3.8) is 0 Å². The highest BCUT2D eigenvalue weighted by atomic mass is 35.5. The zero-order valence-electron chi connectivity index (χ0n) is 15.2. The summed E-state index contributed by atoms with van der Waals surface area (Å²) in [5.74, 6) is 0.204. The van der Waals surface area contributed by atoms with Crippen LogP contribution in [0.3, 0.4) is 0 Å². The Hall–Kier alpha value is -1.40. The largest absolute Gasteiger partial charge is 0.465 e. The van der Waals surface area contributed by atoms with Gasteiger partial charge >= 0.3 is 5.97 Å². The van der Waals surface area contributed by atoms with Crippen LogP contribution >= 0.6 is 45.9 Å². The highest BCUT2D eigenvalue weighted by Crippen LogP contribution is 2.35. The molecule has 0 fully saturated rings. The molecule has 142 valence electrons. The maximum atomic E-state index is 11.9. The highest BCUT2D eigenvalue weighted by Gasteiger charge is 2.19. The van der Waals surface area contributed by atoms with E-state index in [1.807, 2.05) is 23.6 Å². The molecule has 0 radical (unpaired) electrons. The van der Waals surface area contributed by atoms with E-state index in [1.165, 1.54) is 23.3 Å². The molecule has 0 aliphatic rings. The van der Waals surface area contributed by atoms with Gasteiger partial charge in [0.1, 0.15) is 4.88 Å². The van der Waals surface area contributed by atoms with Crippen LogP contribution in [0.4, 0.5) is 0 Å². The Bertz CT molecular complexity index is 963. The molecule has 0 aliphatic carbocycles. The van der Waals surface area contributed by atoms with Crippen molar-refractivity contribution < 1.29 is 9.53 Å². The Morgan fingerprint density at radius 2 is 2.00 bits per heavy atom. The molecule has 0 N–H and O–H groups in total. The van der Waals surface area contributed by atoms with E-state index in [9.17, 15) is 4.79 Å². The first-order valence-electron chi connectivity index (χ1n) is 8.47. The summed E-state index contributed by atoms with van der Waals surface area (Å²) < 4.78 is 4.88. The minimum Gasteiger partial charge on any atom is -0.465 e. The van der Waals surface area contributed by atoms with E-state index in [2.05, 4.69) is 13.8 Å². The highest BCUT2D eigenvalue weighted by molar-refractivity contribution is 7.12. The van der Waals surface area contributed by atoms with E-state index >= 15 is 0 Å². The molecule has 1 aromatic carbocycles. The monoisotopic (exact) mass is 439 g/mol. The molecular weight excluding hydrogens is 421 g/mol. The molecule has 0 amide bonds. The molecule has 0 bridgehead atoms. The number of halogens is 2. The van der Waals surface area contributed by atoms with Crippen LogP contribution in [0, 0.1) is 5.92 Å². The summed E-state index contributed by atoms with van der Waals surface area (Å²) in [5.41, 5.74) is 2.84. The average molecular weight is 440 g/mol. The van der Waals surface area contributed by atoms with Crippen LogP contribution in [0.5, 0.6) is 0 Å². The van der Waals surface area contributed by atoms with E-state index < -0.39 is 0 Å². The van der Waals surface area contributed by atoms with Crippen LogP contribution in [-0.2, 0) is 17.6 Å². The average Bonchev–Trinajstić information content (AvgIpc) is 3.23. The molecule has 0 saturated heterocycles. The van der Waals surface area contributed by atoms with Crippen LogP contribution in [-0.4, -0.2) is 18.1 Å². The lowest BCUT2D eigenvalue weighted by atomic mass is 10.0. The topological polar surface area (TPSA) is 39.2 Å². The van der Waals surface area contributed by atoms with Crippen LogP contribution < -0.4 is 0 Å². The fourth-order valence-corrected chi connectivity index (χ4v) is 5.23. The maximum absolute atomic E-state index is 11.9. The molecular formula is C20H19Cl2NO2S2. The zero-order chi connectivity index (χ0) is 19.6. The summed E-state index contributed by atoms with van der Waals surface area (Å²) in [5, 5.41) is 3.92. The number of thiazole rings is 1. The number of ether oxygens (including phenoxy) is 1. The lowest BCUT2D eigenvalue weighted by molar-refractivity contribution is 0.0605. The standard InChI is InChI=1S/C20H19Cl2NO2S2/c1-11(2)8-16-18(12-4-5-14(21)15(22)9-12)23-17(27-16)10-13-6-7-26-19(13)20(24)25-3/h4-7,9,11H,8,10H2,1-3H3. The summed E-state index contributed by atoms with van der Waals surface area (Å²) in [7, 11) is 1.40. The Morgan fingerprint density at radius 3 is 2.67 bits per heavy atom. The predicted octanol–water partition coefficient (Wildman–Crippen LogP) is 6.75. The van der Waals surface area contributed by atoms with E-state index in [0.717, 1.165) is 28.2 Å². The van der Waals surface area contributed by atoms with E-state index in [1.54, 1.807) is 17.4 Å². The number of esters is 1. The number of carbonyl (C=O) groups is 1. The van der Waals surface area contributed by atoms with Gasteiger partial charge in [-0.3, -0.25) is 0 Å². The van der Waals surface area contributed by atoms with Gasteiger partial charge in [0.15, 0.2) is 0 Å². The predicted molar refractivity (Wildman–Crippen MR) is 115 cm³/mol. The molecule has 27 heavy (non-hydrogen) atoms. The first-order chi connectivity index (χ1) is 12.9. The van der Waals surface area contributed by atoms with E-state index in [4.69, 9.17) is 32.9 Å². The number of aromatic nitrogens is 1. The Labute approximate surface area is 176 Å². The molecule has 7 heteroatoms. The van der Waals surface area contributed by atoms with Crippen molar-refractivity contribution in [3.05, 3.63) is 60.0 Å². The number of hydrogen-bond acceptors (Lipinski definition) is 5. The number of rotatable bonds is 6. The molecule has 2 aromatic heterocycles. The Balaban J connectivity index is 1.98. The van der Waals surface area contributed by atoms with E-state index in [0.29, 0.717) is 27.3 Å². The van der Waals surface area contributed by atoms with Gasteiger partial charge in [-0.25, -0.2) is 9.78 Å². The number of carbonyl (C=O) groups excluding carboxylic acids is 1. The van der Waals surface area contributed by atoms with Gasteiger partial charge in [0.2, 0.25) is 0 Å². The third-order valence-electron chi connectivity index (χ3n) is 3.99. The van der Waals surface area contributed by atoms with Crippen molar-refractivity contribution in [2.45, 2.75) is 26.7 Å². The summed E-state index contributed by atoms with van der Waals surface area (Å²) in [6.45, 7) is 4.37. The van der Waals surface area contributed by atoms with Crippen molar-refractivity contribution >= 4 is 51.8 Å². The lowest BCUT2D eigenvalue weighted by Gasteiger charge is -2.06.